The molecule has 0 aromatic rings. The highest BCUT2D eigenvalue weighted by Crippen LogP contribution is 2.25. The summed E-state index contributed by atoms with van der Waals surface area (Å²) in [6.45, 7) is 12.8. The van der Waals surface area contributed by atoms with E-state index >= 15 is 0 Å². The topological polar surface area (TPSA) is 15.3 Å². The fraction of sp³-hybridized carbons (Fsp3) is 1.00. The van der Waals surface area contributed by atoms with E-state index in [0.717, 1.165) is 25.0 Å². The fourth-order valence-electron chi connectivity index (χ4n) is 2.88. The summed E-state index contributed by atoms with van der Waals surface area (Å²) in [5, 5.41) is 3.50. The first-order chi connectivity index (χ1) is 8.15. The van der Waals surface area contributed by atoms with Gasteiger partial charge in [-0.15, -0.1) is 0 Å². The van der Waals surface area contributed by atoms with Crippen LogP contribution in [0.5, 0.6) is 0 Å². The molecule has 0 spiro atoms. The zero-order chi connectivity index (χ0) is 12.7. The molecular weight excluding hydrogens is 208 g/mol. The Kier molecular flexibility index (Phi) is 7.14. The molecule has 1 atom stereocenters. The summed E-state index contributed by atoms with van der Waals surface area (Å²) >= 11 is 0. The van der Waals surface area contributed by atoms with E-state index in [-0.39, 0.29) is 0 Å². The smallest absolute Gasteiger partial charge is 0.0195 e. The van der Waals surface area contributed by atoms with E-state index in [0.29, 0.717) is 6.04 Å². The van der Waals surface area contributed by atoms with E-state index < -0.39 is 0 Å². The second kappa shape index (κ2) is 8.10. The molecule has 102 valence electrons. The minimum absolute atomic E-state index is 0.691. The van der Waals surface area contributed by atoms with Gasteiger partial charge in [0.1, 0.15) is 0 Å². The van der Waals surface area contributed by atoms with Gasteiger partial charge in [-0.05, 0) is 45.2 Å². The minimum Gasteiger partial charge on any atom is -0.315 e. The lowest BCUT2D eigenvalue weighted by Crippen LogP contribution is -2.46. The van der Waals surface area contributed by atoms with Gasteiger partial charge in [0.15, 0.2) is 0 Å². The highest BCUT2D eigenvalue weighted by molar-refractivity contribution is 4.82. The molecule has 1 N–H and O–H groups in total. The van der Waals surface area contributed by atoms with Gasteiger partial charge in [-0.2, -0.15) is 0 Å². The van der Waals surface area contributed by atoms with Crippen LogP contribution in [-0.4, -0.2) is 36.6 Å². The van der Waals surface area contributed by atoms with Gasteiger partial charge in [0.25, 0.3) is 0 Å². The molecule has 0 aromatic heterocycles. The van der Waals surface area contributed by atoms with Crippen molar-refractivity contribution in [2.75, 3.05) is 19.6 Å². The summed E-state index contributed by atoms with van der Waals surface area (Å²) in [6, 6.07) is 1.55. The van der Waals surface area contributed by atoms with E-state index in [2.05, 4.69) is 37.9 Å². The summed E-state index contributed by atoms with van der Waals surface area (Å²) in [5.74, 6) is 0.824. The standard InChI is InChI=1S/C15H32N2/c1-5-16-12-14(4)17(11-10-13(2)3)15-8-6-7-9-15/h13-16H,5-12H2,1-4H3. The van der Waals surface area contributed by atoms with Gasteiger partial charge < -0.3 is 5.32 Å². The van der Waals surface area contributed by atoms with Gasteiger partial charge >= 0.3 is 0 Å². The highest BCUT2D eigenvalue weighted by atomic mass is 15.2. The van der Waals surface area contributed by atoms with Gasteiger partial charge in [-0.25, -0.2) is 0 Å². The highest BCUT2D eigenvalue weighted by Gasteiger charge is 2.25. The second-order valence-electron chi connectivity index (χ2n) is 6.02. The molecule has 1 fully saturated rings. The SMILES string of the molecule is CCNCC(C)N(CCC(C)C)C1CCCC1. The van der Waals surface area contributed by atoms with Crippen molar-refractivity contribution >= 4 is 0 Å². The van der Waals surface area contributed by atoms with Crippen molar-refractivity contribution in [3.63, 3.8) is 0 Å². The summed E-state index contributed by atoms with van der Waals surface area (Å²) in [5.41, 5.74) is 0. The number of hydrogen-bond acceptors (Lipinski definition) is 2. The largest absolute Gasteiger partial charge is 0.315 e. The van der Waals surface area contributed by atoms with Gasteiger partial charge in [0.2, 0.25) is 0 Å². The van der Waals surface area contributed by atoms with Crippen LogP contribution in [0.15, 0.2) is 0 Å². The molecule has 2 heteroatoms. The molecule has 1 aliphatic carbocycles. The molecule has 0 aromatic carbocycles. The van der Waals surface area contributed by atoms with Crippen molar-refractivity contribution in [2.24, 2.45) is 5.92 Å². The lowest BCUT2D eigenvalue weighted by molar-refractivity contribution is 0.135. The number of rotatable bonds is 8. The molecule has 1 aliphatic rings. The summed E-state index contributed by atoms with van der Waals surface area (Å²) in [6.07, 6.45) is 7.07. The van der Waals surface area contributed by atoms with E-state index in [1.165, 1.54) is 38.6 Å². The molecule has 17 heavy (non-hydrogen) atoms. The first-order valence-corrected chi connectivity index (χ1v) is 7.61. The van der Waals surface area contributed by atoms with Crippen LogP contribution in [0.25, 0.3) is 0 Å². The van der Waals surface area contributed by atoms with Crippen LogP contribution < -0.4 is 5.32 Å². The number of hydrogen-bond donors (Lipinski definition) is 1. The van der Waals surface area contributed by atoms with Gasteiger partial charge in [-0.1, -0.05) is 33.6 Å². The first kappa shape index (κ1) is 15.0. The lowest BCUT2D eigenvalue weighted by Gasteiger charge is -2.35. The maximum Gasteiger partial charge on any atom is 0.0195 e. The zero-order valence-electron chi connectivity index (χ0n) is 12.3. The normalized spacial score (nSPS) is 19.4. The summed E-state index contributed by atoms with van der Waals surface area (Å²) < 4.78 is 0. The van der Waals surface area contributed by atoms with E-state index in [4.69, 9.17) is 0 Å². The molecule has 1 rings (SSSR count). The molecule has 0 amide bonds. The monoisotopic (exact) mass is 240 g/mol. The van der Waals surface area contributed by atoms with Crippen molar-refractivity contribution in [3.05, 3.63) is 0 Å². The number of likely N-dealkylation sites (N-methyl/N-ethyl adjacent to an activating group) is 1. The molecule has 0 radical (unpaired) electrons. The molecule has 0 bridgehead atoms. The zero-order valence-corrected chi connectivity index (χ0v) is 12.3. The first-order valence-electron chi connectivity index (χ1n) is 7.61. The van der Waals surface area contributed by atoms with Gasteiger partial charge in [0.05, 0.1) is 0 Å². The summed E-state index contributed by atoms with van der Waals surface area (Å²) in [4.78, 5) is 2.77. The number of nitrogens with zero attached hydrogens (tertiary/aromatic N) is 1. The van der Waals surface area contributed by atoms with Crippen LogP contribution in [0.3, 0.4) is 0 Å². The predicted octanol–water partition coefficient (Wildman–Crippen LogP) is 3.28. The van der Waals surface area contributed by atoms with Crippen molar-refractivity contribution in [1.29, 1.82) is 0 Å². The summed E-state index contributed by atoms with van der Waals surface area (Å²) in [7, 11) is 0. The van der Waals surface area contributed by atoms with Crippen molar-refractivity contribution in [1.82, 2.24) is 10.2 Å². The molecule has 0 heterocycles. The Morgan fingerprint density at radius 2 is 1.82 bits per heavy atom. The van der Waals surface area contributed by atoms with Crippen molar-refractivity contribution < 1.29 is 0 Å². The molecule has 2 nitrogen and oxygen atoms in total. The van der Waals surface area contributed by atoms with E-state index in [1.54, 1.807) is 0 Å². The average molecular weight is 240 g/mol. The Balaban J connectivity index is 2.44. The Labute approximate surface area is 108 Å². The van der Waals surface area contributed by atoms with Crippen molar-refractivity contribution in [3.8, 4) is 0 Å². The third kappa shape index (κ3) is 5.39. The maximum atomic E-state index is 3.50. The molecule has 0 saturated heterocycles. The van der Waals surface area contributed by atoms with Crippen LogP contribution >= 0.6 is 0 Å². The lowest BCUT2D eigenvalue weighted by atomic mass is 10.1. The van der Waals surface area contributed by atoms with E-state index in [1.807, 2.05) is 0 Å². The molecule has 1 unspecified atom stereocenters. The Bertz CT molecular complexity index is 185. The Morgan fingerprint density at radius 1 is 1.18 bits per heavy atom. The Hall–Kier alpha value is -0.0800. The fourth-order valence-corrected chi connectivity index (χ4v) is 2.88. The second-order valence-corrected chi connectivity index (χ2v) is 6.02. The molecule has 0 aliphatic heterocycles. The van der Waals surface area contributed by atoms with Crippen LogP contribution in [0, 0.1) is 5.92 Å². The van der Waals surface area contributed by atoms with Crippen molar-refractivity contribution in [2.45, 2.75) is 71.9 Å². The third-order valence-corrected chi connectivity index (χ3v) is 4.01. The third-order valence-electron chi connectivity index (χ3n) is 4.01. The minimum atomic E-state index is 0.691. The maximum absolute atomic E-state index is 3.50. The van der Waals surface area contributed by atoms with Crippen LogP contribution in [0.2, 0.25) is 0 Å². The quantitative estimate of drug-likeness (QED) is 0.700. The van der Waals surface area contributed by atoms with Crippen LogP contribution in [0.4, 0.5) is 0 Å². The van der Waals surface area contributed by atoms with Crippen LogP contribution in [-0.2, 0) is 0 Å². The van der Waals surface area contributed by atoms with E-state index in [9.17, 15) is 0 Å². The average Bonchev–Trinajstić information content (AvgIpc) is 2.79. The predicted molar refractivity (Wildman–Crippen MR) is 76.4 cm³/mol. The Morgan fingerprint density at radius 3 is 2.35 bits per heavy atom. The number of nitrogens with one attached hydrogen (secondary N) is 1. The van der Waals surface area contributed by atoms with Gasteiger partial charge in [-0.3, -0.25) is 4.90 Å². The van der Waals surface area contributed by atoms with Crippen LogP contribution in [0.1, 0.15) is 59.8 Å². The molecular formula is C15H32N2. The van der Waals surface area contributed by atoms with Gasteiger partial charge in [0, 0.05) is 18.6 Å². The molecule has 1 saturated carbocycles.